The van der Waals surface area contributed by atoms with Gasteiger partial charge in [-0.1, -0.05) is 26.0 Å². The van der Waals surface area contributed by atoms with Crippen LogP contribution in [-0.4, -0.2) is 18.8 Å². The number of carbonyl (C=O) groups is 1. The summed E-state index contributed by atoms with van der Waals surface area (Å²) in [6.45, 7) is 4.73. The fraction of sp³-hybridized carbons (Fsp3) is 0.316. The van der Waals surface area contributed by atoms with E-state index in [-0.39, 0.29) is 11.7 Å². The number of benzene rings is 2. The van der Waals surface area contributed by atoms with E-state index in [1.165, 1.54) is 24.3 Å². The number of rotatable bonds is 7. The van der Waals surface area contributed by atoms with Crippen LogP contribution in [0.4, 0.5) is 24.5 Å². The zero-order chi connectivity index (χ0) is 19.2. The van der Waals surface area contributed by atoms with Crippen LogP contribution in [0.15, 0.2) is 48.5 Å². The fourth-order valence-corrected chi connectivity index (χ4v) is 2.26. The molecule has 26 heavy (non-hydrogen) atoms. The van der Waals surface area contributed by atoms with Crippen LogP contribution < -0.4 is 15.4 Å². The third kappa shape index (κ3) is 6.31. The molecular weight excluding hydrogens is 345 g/mol. The van der Waals surface area contributed by atoms with Gasteiger partial charge in [0.2, 0.25) is 0 Å². The Morgan fingerprint density at radius 2 is 1.73 bits per heavy atom. The van der Waals surface area contributed by atoms with Crippen molar-refractivity contribution in [1.29, 1.82) is 0 Å². The molecule has 0 aromatic heterocycles. The molecule has 0 heterocycles. The van der Waals surface area contributed by atoms with Crippen LogP contribution >= 0.6 is 0 Å². The lowest BCUT2D eigenvalue weighted by Gasteiger charge is -2.14. The number of halogens is 3. The van der Waals surface area contributed by atoms with Gasteiger partial charge in [0.15, 0.2) is 0 Å². The highest BCUT2D eigenvalue weighted by atomic mass is 19.4. The Kier molecular flexibility index (Phi) is 6.49. The van der Waals surface area contributed by atoms with Gasteiger partial charge in [-0.3, -0.25) is 4.79 Å². The molecule has 2 N–H and O–H groups in total. The molecule has 0 fully saturated rings. The van der Waals surface area contributed by atoms with Crippen LogP contribution in [0.1, 0.15) is 30.6 Å². The second-order valence-electron chi connectivity index (χ2n) is 6.18. The van der Waals surface area contributed by atoms with E-state index in [0.717, 1.165) is 6.42 Å². The maximum absolute atomic E-state index is 12.4. The summed E-state index contributed by atoms with van der Waals surface area (Å²) in [4.78, 5) is 12.4. The average Bonchev–Trinajstić information content (AvgIpc) is 2.55. The van der Waals surface area contributed by atoms with Gasteiger partial charge in [-0.15, -0.1) is 13.2 Å². The molecular formula is C19H21F3N2O2. The van der Waals surface area contributed by atoms with E-state index >= 15 is 0 Å². The van der Waals surface area contributed by atoms with E-state index in [2.05, 4.69) is 29.2 Å². The van der Waals surface area contributed by atoms with Gasteiger partial charge in [0.25, 0.3) is 5.91 Å². The smallest absolute Gasteiger partial charge is 0.406 e. The van der Waals surface area contributed by atoms with Crippen LogP contribution in [0.25, 0.3) is 0 Å². The van der Waals surface area contributed by atoms with Crippen molar-refractivity contribution < 1.29 is 22.7 Å². The molecule has 2 aromatic rings. The van der Waals surface area contributed by atoms with E-state index in [1.54, 1.807) is 24.3 Å². The number of hydrogen-bond donors (Lipinski definition) is 2. The topological polar surface area (TPSA) is 50.4 Å². The molecule has 2 aromatic carbocycles. The number of nitrogens with one attached hydrogen (secondary N) is 2. The Hall–Kier alpha value is -2.70. The molecule has 0 saturated carbocycles. The SMILES string of the molecule is CC(C)CCNC(=O)c1ccccc1Nc1ccc(OC(F)(F)F)cc1. The van der Waals surface area contributed by atoms with Crippen LogP contribution in [0.2, 0.25) is 0 Å². The number of hydrogen-bond acceptors (Lipinski definition) is 3. The standard InChI is InChI=1S/C19H21F3N2O2/c1-13(2)11-12-23-18(25)16-5-3-4-6-17(16)24-14-7-9-15(10-8-14)26-19(20,21)22/h3-10,13,24H,11-12H2,1-2H3,(H,23,25). The summed E-state index contributed by atoms with van der Waals surface area (Å²) in [5, 5.41) is 5.91. The van der Waals surface area contributed by atoms with Gasteiger partial charge < -0.3 is 15.4 Å². The van der Waals surface area contributed by atoms with Crippen molar-refractivity contribution in [3.63, 3.8) is 0 Å². The number of amides is 1. The van der Waals surface area contributed by atoms with E-state index in [4.69, 9.17) is 0 Å². The third-order valence-corrected chi connectivity index (χ3v) is 3.55. The summed E-state index contributed by atoms with van der Waals surface area (Å²) in [6, 6.07) is 12.3. The lowest BCUT2D eigenvalue weighted by molar-refractivity contribution is -0.274. The Balaban J connectivity index is 2.06. The summed E-state index contributed by atoms with van der Waals surface area (Å²) >= 11 is 0. The first-order valence-corrected chi connectivity index (χ1v) is 8.24. The minimum atomic E-state index is -4.73. The van der Waals surface area contributed by atoms with Gasteiger partial charge in [-0.05, 0) is 48.7 Å². The predicted molar refractivity (Wildman–Crippen MR) is 94.6 cm³/mol. The van der Waals surface area contributed by atoms with Crippen molar-refractivity contribution >= 4 is 17.3 Å². The number of anilines is 2. The fourth-order valence-electron chi connectivity index (χ4n) is 2.26. The molecule has 0 saturated heterocycles. The molecule has 0 aliphatic carbocycles. The number of para-hydroxylation sites is 1. The van der Waals surface area contributed by atoms with Gasteiger partial charge in [-0.2, -0.15) is 0 Å². The summed E-state index contributed by atoms with van der Waals surface area (Å²) in [5.74, 6) is -0.0189. The summed E-state index contributed by atoms with van der Waals surface area (Å²) in [6.07, 6.45) is -3.85. The minimum Gasteiger partial charge on any atom is -0.406 e. The van der Waals surface area contributed by atoms with Crippen molar-refractivity contribution in [3.8, 4) is 5.75 Å². The predicted octanol–water partition coefficient (Wildman–Crippen LogP) is 5.10. The summed E-state index contributed by atoms with van der Waals surface area (Å²) in [5.41, 5.74) is 1.58. The van der Waals surface area contributed by atoms with Gasteiger partial charge in [0.05, 0.1) is 11.3 Å². The van der Waals surface area contributed by atoms with Crippen LogP contribution in [0.3, 0.4) is 0 Å². The Morgan fingerprint density at radius 3 is 2.35 bits per heavy atom. The molecule has 0 unspecified atom stereocenters. The molecule has 2 rings (SSSR count). The van der Waals surface area contributed by atoms with Gasteiger partial charge in [0.1, 0.15) is 5.75 Å². The van der Waals surface area contributed by atoms with Gasteiger partial charge >= 0.3 is 6.36 Å². The lowest BCUT2D eigenvalue weighted by atomic mass is 10.1. The molecule has 0 bridgehead atoms. The number of ether oxygens (including phenoxy) is 1. The molecule has 0 aliphatic rings. The van der Waals surface area contributed by atoms with E-state index in [1.807, 2.05) is 0 Å². The summed E-state index contributed by atoms with van der Waals surface area (Å²) < 4.78 is 40.4. The Bertz CT molecular complexity index is 728. The highest BCUT2D eigenvalue weighted by Crippen LogP contribution is 2.26. The zero-order valence-electron chi connectivity index (χ0n) is 14.6. The maximum Gasteiger partial charge on any atom is 0.573 e. The van der Waals surface area contributed by atoms with E-state index < -0.39 is 6.36 Å². The average molecular weight is 366 g/mol. The van der Waals surface area contributed by atoms with Crippen LogP contribution in [-0.2, 0) is 0 Å². The minimum absolute atomic E-state index is 0.203. The molecule has 0 spiro atoms. The monoisotopic (exact) mass is 366 g/mol. The van der Waals surface area contributed by atoms with Crippen molar-refractivity contribution in [1.82, 2.24) is 5.32 Å². The van der Waals surface area contributed by atoms with Crippen molar-refractivity contribution in [2.24, 2.45) is 5.92 Å². The highest BCUT2D eigenvalue weighted by Gasteiger charge is 2.30. The van der Waals surface area contributed by atoms with Gasteiger partial charge in [-0.25, -0.2) is 0 Å². The lowest BCUT2D eigenvalue weighted by Crippen LogP contribution is -2.26. The third-order valence-electron chi connectivity index (χ3n) is 3.55. The molecule has 1 amide bonds. The first-order chi connectivity index (χ1) is 12.2. The van der Waals surface area contributed by atoms with Crippen LogP contribution in [0, 0.1) is 5.92 Å². The van der Waals surface area contributed by atoms with E-state index in [9.17, 15) is 18.0 Å². The zero-order valence-corrected chi connectivity index (χ0v) is 14.6. The molecule has 0 radical (unpaired) electrons. The molecule has 7 heteroatoms. The maximum atomic E-state index is 12.4. The van der Waals surface area contributed by atoms with Crippen molar-refractivity contribution in [2.75, 3.05) is 11.9 Å². The quantitative estimate of drug-likeness (QED) is 0.716. The first-order valence-electron chi connectivity index (χ1n) is 8.24. The molecule has 4 nitrogen and oxygen atoms in total. The number of alkyl halides is 3. The van der Waals surface area contributed by atoms with Gasteiger partial charge in [0, 0.05) is 12.2 Å². The second kappa shape index (κ2) is 8.60. The highest BCUT2D eigenvalue weighted by molar-refractivity contribution is 6.00. The largest absolute Gasteiger partial charge is 0.573 e. The van der Waals surface area contributed by atoms with Crippen molar-refractivity contribution in [3.05, 3.63) is 54.1 Å². The number of carbonyl (C=O) groups excluding carboxylic acids is 1. The van der Waals surface area contributed by atoms with Crippen LogP contribution in [0.5, 0.6) is 5.75 Å². The van der Waals surface area contributed by atoms with E-state index in [0.29, 0.717) is 29.4 Å². The Labute approximate surface area is 150 Å². The first kappa shape index (κ1) is 19.6. The summed E-state index contributed by atoms with van der Waals surface area (Å²) in [7, 11) is 0. The molecule has 140 valence electrons. The Morgan fingerprint density at radius 1 is 1.08 bits per heavy atom. The second-order valence-corrected chi connectivity index (χ2v) is 6.18. The van der Waals surface area contributed by atoms with Crippen molar-refractivity contribution in [2.45, 2.75) is 26.6 Å². The normalized spacial score (nSPS) is 11.3. The molecule has 0 aliphatic heterocycles. The molecule has 0 atom stereocenters.